The Hall–Kier alpha value is -1.79. The third-order valence-electron chi connectivity index (χ3n) is 3.84. The van der Waals surface area contributed by atoms with Gasteiger partial charge in [0, 0.05) is 17.3 Å². The number of benzene rings is 1. The van der Waals surface area contributed by atoms with Gasteiger partial charge >= 0.3 is 0 Å². The zero-order valence-corrected chi connectivity index (χ0v) is 10.6. The number of nitriles is 1. The maximum Gasteiger partial charge on any atom is 0.0992 e. The molecule has 0 atom stereocenters. The Morgan fingerprint density at radius 2 is 2.06 bits per heavy atom. The van der Waals surface area contributed by atoms with Gasteiger partial charge < -0.3 is 9.88 Å². The van der Waals surface area contributed by atoms with Crippen molar-refractivity contribution >= 4 is 10.9 Å². The Bertz CT molecular complexity index is 612. The van der Waals surface area contributed by atoms with Gasteiger partial charge in [0.2, 0.25) is 0 Å². The van der Waals surface area contributed by atoms with E-state index in [0.29, 0.717) is 6.04 Å². The van der Waals surface area contributed by atoms with Crippen LogP contribution in [0.15, 0.2) is 24.3 Å². The molecule has 0 spiro atoms. The van der Waals surface area contributed by atoms with E-state index in [2.05, 4.69) is 35.0 Å². The summed E-state index contributed by atoms with van der Waals surface area (Å²) in [5, 5.41) is 13.7. The molecule has 1 aliphatic heterocycles. The van der Waals surface area contributed by atoms with Gasteiger partial charge in [0.15, 0.2) is 0 Å². The van der Waals surface area contributed by atoms with Crippen molar-refractivity contribution in [3.05, 3.63) is 35.5 Å². The molecule has 0 unspecified atom stereocenters. The van der Waals surface area contributed by atoms with Crippen LogP contribution in [0.2, 0.25) is 0 Å². The Morgan fingerprint density at radius 1 is 1.28 bits per heavy atom. The van der Waals surface area contributed by atoms with E-state index in [9.17, 15) is 0 Å². The van der Waals surface area contributed by atoms with Gasteiger partial charge in [0.1, 0.15) is 0 Å². The molecule has 3 rings (SSSR count). The third kappa shape index (κ3) is 1.79. The second-order valence-corrected chi connectivity index (χ2v) is 5.02. The van der Waals surface area contributed by atoms with E-state index >= 15 is 0 Å². The van der Waals surface area contributed by atoms with Gasteiger partial charge in [0.05, 0.1) is 11.6 Å². The highest BCUT2D eigenvalue weighted by Crippen LogP contribution is 2.29. The molecule has 1 N–H and O–H groups in total. The van der Waals surface area contributed by atoms with Crippen LogP contribution in [0.1, 0.15) is 30.1 Å². The maximum atomic E-state index is 9.04. The van der Waals surface area contributed by atoms with Gasteiger partial charge in [-0.25, -0.2) is 0 Å². The summed E-state index contributed by atoms with van der Waals surface area (Å²) in [5.41, 5.74) is 3.25. The molecule has 0 saturated carbocycles. The summed E-state index contributed by atoms with van der Waals surface area (Å²) in [6.07, 6.45) is 2.34. The maximum absolute atomic E-state index is 9.04. The first-order valence-electron chi connectivity index (χ1n) is 6.52. The fourth-order valence-corrected chi connectivity index (χ4v) is 2.98. The Balaban J connectivity index is 2.14. The molecule has 18 heavy (non-hydrogen) atoms. The van der Waals surface area contributed by atoms with Crippen LogP contribution in [0.25, 0.3) is 10.9 Å². The first kappa shape index (κ1) is 11.3. The number of nitrogens with zero attached hydrogens (tertiary/aromatic N) is 2. The minimum absolute atomic E-state index is 0.567. The van der Waals surface area contributed by atoms with Gasteiger partial charge in [-0.2, -0.15) is 5.26 Å². The zero-order valence-electron chi connectivity index (χ0n) is 10.6. The van der Waals surface area contributed by atoms with Crippen LogP contribution in [0.5, 0.6) is 0 Å². The summed E-state index contributed by atoms with van der Waals surface area (Å²) in [6, 6.07) is 11.0. The fraction of sp³-hybridized carbons (Fsp3) is 0.400. The lowest BCUT2D eigenvalue weighted by atomic mass is 10.1. The molecule has 2 aromatic rings. The summed E-state index contributed by atoms with van der Waals surface area (Å²) in [7, 11) is 0. The highest BCUT2D eigenvalue weighted by atomic mass is 15.0. The summed E-state index contributed by atoms with van der Waals surface area (Å²) in [4.78, 5) is 0. The Labute approximate surface area is 107 Å². The van der Waals surface area contributed by atoms with Gasteiger partial charge in [0.25, 0.3) is 0 Å². The largest absolute Gasteiger partial charge is 0.342 e. The minimum Gasteiger partial charge on any atom is -0.342 e. The SMILES string of the molecule is Cc1cc2ccc(C#N)cc2n1C1CCNCC1. The van der Waals surface area contributed by atoms with Crippen LogP contribution in [0.3, 0.4) is 0 Å². The number of aromatic nitrogens is 1. The molecule has 3 heteroatoms. The van der Waals surface area contributed by atoms with Crippen LogP contribution >= 0.6 is 0 Å². The van der Waals surface area contributed by atoms with Crippen molar-refractivity contribution in [3.63, 3.8) is 0 Å². The number of rotatable bonds is 1. The van der Waals surface area contributed by atoms with E-state index in [1.807, 2.05) is 12.1 Å². The average molecular weight is 239 g/mol. The van der Waals surface area contributed by atoms with Crippen LogP contribution in [-0.2, 0) is 0 Å². The van der Waals surface area contributed by atoms with Crippen molar-refractivity contribution in [2.45, 2.75) is 25.8 Å². The standard InChI is InChI=1S/C15H17N3/c1-11-8-13-3-2-12(10-16)9-15(13)18(11)14-4-6-17-7-5-14/h2-3,8-9,14,17H,4-7H2,1H3. The average Bonchev–Trinajstić information content (AvgIpc) is 2.74. The molecule has 0 bridgehead atoms. The highest BCUT2D eigenvalue weighted by molar-refractivity contribution is 5.82. The van der Waals surface area contributed by atoms with Crippen molar-refractivity contribution in [1.29, 1.82) is 5.26 Å². The van der Waals surface area contributed by atoms with Crippen LogP contribution < -0.4 is 5.32 Å². The monoisotopic (exact) mass is 239 g/mol. The lowest BCUT2D eigenvalue weighted by Crippen LogP contribution is -2.29. The topological polar surface area (TPSA) is 40.8 Å². The van der Waals surface area contributed by atoms with Crippen molar-refractivity contribution in [3.8, 4) is 6.07 Å². The van der Waals surface area contributed by atoms with Crippen molar-refractivity contribution in [1.82, 2.24) is 9.88 Å². The van der Waals surface area contributed by atoms with E-state index in [1.165, 1.54) is 29.4 Å². The number of nitrogens with one attached hydrogen (secondary N) is 1. The van der Waals surface area contributed by atoms with Crippen molar-refractivity contribution in [2.75, 3.05) is 13.1 Å². The quantitative estimate of drug-likeness (QED) is 0.831. The molecule has 0 aliphatic carbocycles. The third-order valence-corrected chi connectivity index (χ3v) is 3.84. The molecule has 0 radical (unpaired) electrons. The molecule has 0 amide bonds. The first-order valence-corrected chi connectivity index (χ1v) is 6.52. The number of aryl methyl sites for hydroxylation is 1. The molecular formula is C15H17N3. The second kappa shape index (κ2) is 4.47. The van der Waals surface area contributed by atoms with E-state index in [-0.39, 0.29) is 0 Å². The zero-order chi connectivity index (χ0) is 12.5. The van der Waals surface area contributed by atoms with E-state index < -0.39 is 0 Å². The number of fused-ring (bicyclic) bond motifs is 1. The lowest BCUT2D eigenvalue weighted by molar-refractivity contribution is 0.372. The number of piperidine rings is 1. The number of hydrogen-bond acceptors (Lipinski definition) is 2. The molecule has 1 aromatic carbocycles. The minimum atomic E-state index is 0.567. The van der Waals surface area contributed by atoms with E-state index in [1.54, 1.807) is 0 Å². The van der Waals surface area contributed by atoms with Crippen molar-refractivity contribution in [2.24, 2.45) is 0 Å². The van der Waals surface area contributed by atoms with Crippen LogP contribution in [0.4, 0.5) is 0 Å². The molecule has 1 fully saturated rings. The number of hydrogen-bond donors (Lipinski definition) is 1. The van der Waals surface area contributed by atoms with E-state index in [0.717, 1.165) is 18.7 Å². The Kier molecular flexibility index (Phi) is 2.81. The summed E-state index contributed by atoms with van der Waals surface area (Å²) < 4.78 is 2.41. The fourth-order valence-electron chi connectivity index (χ4n) is 2.98. The van der Waals surface area contributed by atoms with Gasteiger partial charge in [-0.05, 0) is 56.4 Å². The first-order chi connectivity index (χ1) is 8.79. The molecule has 1 aliphatic rings. The second-order valence-electron chi connectivity index (χ2n) is 5.02. The van der Waals surface area contributed by atoms with Crippen LogP contribution in [-0.4, -0.2) is 17.7 Å². The van der Waals surface area contributed by atoms with Crippen LogP contribution in [0, 0.1) is 18.3 Å². The Morgan fingerprint density at radius 3 is 2.78 bits per heavy atom. The lowest BCUT2D eigenvalue weighted by Gasteiger charge is -2.26. The molecule has 1 aromatic heterocycles. The highest BCUT2D eigenvalue weighted by Gasteiger charge is 2.18. The van der Waals surface area contributed by atoms with Gasteiger partial charge in [-0.15, -0.1) is 0 Å². The molecular weight excluding hydrogens is 222 g/mol. The summed E-state index contributed by atoms with van der Waals surface area (Å²) >= 11 is 0. The molecule has 1 saturated heterocycles. The van der Waals surface area contributed by atoms with Gasteiger partial charge in [-0.1, -0.05) is 6.07 Å². The van der Waals surface area contributed by atoms with E-state index in [4.69, 9.17) is 5.26 Å². The summed E-state index contributed by atoms with van der Waals surface area (Å²) in [6.45, 7) is 4.33. The predicted molar refractivity (Wildman–Crippen MR) is 72.5 cm³/mol. The smallest absolute Gasteiger partial charge is 0.0992 e. The summed E-state index contributed by atoms with van der Waals surface area (Å²) in [5.74, 6) is 0. The normalized spacial score (nSPS) is 16.9. The molecule has 2 heterocycles. The predicted octanol–water partition coefficient (Wildman–Crippen LogP) is 2.75. The van der Waals surface area contributed by atoms with Gasteiger partial charge in [-0.3, -0.25) is 0 Å². The molecule has 3 nitrogen and oxygen atoms in total. The van der Waals surface area contributed by atoms with Crippen molar-refractivity contribution < 1.29 is 0 Å². The molecule has 92 valence electrons.